The number of nitrogens with zero attached hydrogens (tertiary/aromatic N) is 2. The number of hydrogen-bond donors (Lipinski definition) is 3. The van der Waals surface area contributed by atoms with Crippen LogP contribution in [0.3, 0.4) is 0 Å². The minimum absolute atomic E-state index is 0.0860. The van der Waals surface area contributed by atoms with Gasteiger partial charge in [-0.2, -0.15) is 5.26 Å². The second-order valence-electron chi connectivity index (χ2n) is 8.59. The lowest BCUT2D eigenvalue weighted by atomic mass is 9.93. The average Bonchev–Trinajstić information content (AvgIpc) is 3.36. The van der Waals surface area contributed by atoms with E-state index in [1.54, 1.807) is 12.1 Å². The summed E-state index contributed by atoms with van der Waals surface area (Å²) < 4.78 is 27.7. The predicted octanol–water partition coefficient (Wildman–Crippen LogP) is 4.99. The van der Waals surface area contributed by atoms with Crippen molar-refractivity contribution < 1.29 is 23.5 Å². The number of fused-ring (bicyclic) bond motifs is 2. The molecule has 3 amide bonds. The third-order valence-corrected chi connectivity index (χ3v) is 6.67. The molecule has 0 radical (unpaired) electrons. The molecule has 2 heterocycles. The fraction of sp³-hybridized carbons (Fsp3) is 0.192. The standard InChI is InChI=1S/C26H19ClF2N4O3/c27-19-5-3-14(28)10-16(19)24-23-18(25(35)32-24)8-13(2-1-7-30)9-20(23)31-26(36)33-12-22(34)17-11-15(29)4-6-21(17)33/h3-6,8-11,22,24,34H,1-2,12H2,(H,31,36)(H,32,35)/t22-,24-/m1/s1. The molecule has 0 saturated heterocycles. The van der Waals surface area contributed by atoms with Gasteiger partial charge in [-0.15, -0.1) is 0 Å². The van der Waals surface area contributed by atoms with Crippen molar-refractivity contribution in [3.63, 3.8) is 0 Å². The van der Waals surface area contributed by atoms with E-state index in [4.69, 9.17) is 16.9 Å². The van der Waals surface area contributed by atoms with Gasteiger partial charge in [0.1, 0.15) is 11.6 Å². The van der Waals surface area contributed by atoms with Gasteiger partial charge in [0.25, 0.3) is 5.91 Å². The smallest absolute Gasteiger partial charge is 0.326 e. The molecule has 2 aliphatic heterocycles. The minimum Gasteiger partial charge on any atom is -0.386 e. The van der Waals surface area contributed by atoms with Crippen molar-refractivity contribution in [1.29, 1.82) is 5.26 Å². The number of urea groups is 1. The van der Waals surface area contributed by atoms with E-state index in [1.807, 2.05) is 0 Å². The number of β-amino-alcohol motifs (C(OH)–C–C–N with tert-alkyl or cyclic N) is 1. The van der Waals surface area contributed by atoms with Crippen LogP contribution in [0.4, 0.5) is 25.0 Å². The van der Waals surface area contributed by atoms with Gasteiger partial charge in [0.15, 0.2) is 0 Å². The highest BCUT2D eigenvalue weighted by Crippen LogP contribution is 2.41. The molecule has 3 aromatic rings. The highest BCUT2D eigenvalue weighted by Gasteiger charge is 2.36. The van der Waals surface area contributed by atoms with Gasteiger partial charge in [-0.05, 0) is 60.5 Å². The van der Waals surface area contributed by atoms with E-state index >= 15 is 0 Å². The third-order valence-electron chi connectivity index (χ3n) is 6.32. The molecule has 0 fully saturated rings. The van der Waals surface area contributed by atoms with E-state index < -0.39 is 35.7 Å². The van der Waals surface area contributed by atoms with Crippen LogP contribution >= 0.6 is 11.6 Å². The Morgan fingerprint density at radius 1 is 1.17 bits per heavy atom. The topological polar surface area (TPSA) is 105 Å². The molecule has 3 aromatic carbocycles. The first kappa shape index (κ1) is 23.7. The molecule has 182 valence electrons. The van der Waals surface area contributed by atoms with E-state index in [1.165, 1.54) is 41.3 Å². The zero-order valence-corrected chi connectivity index (χ0v) is 19.4. The molecule has 0 spiro atoms. The summed E-state index contributed by atoms with van der Waals surface area (Å²) in [7, 11) is 0. The molecule has 0 aromatic heterocycles. The summed E-state index contributed by atoms with van der Waals surface area (Å²) in [6.45, 7) is -0.0860. The van der Waals surface area contributed by atoms with E-state index in [0.29, 0.717) is 34.4 Å². The monoisotopic (exact) mass is 508 g/mol. The summed E-state index contributed by atoms with van der Waals surface area (Å²) in [5.41, 5.74) is 2.57. The fourth-order valence-corrected chi connectivity index (χ4v) is 4.92. The Balaban J connectivity index is 1.57. The van der Waals surface area contributed by atoms with Crippen LogP contribution < -0.4 is 15.5 Å². The number of aryl methyl sites for hydroxylation is 1. The van der Waals surface area contributed by atoms with Crippen LogP contribution in [0.25, 0.3) is 0 Å². The number of aliphatic hydroxyl groups excluding tert-OH is 1. The lowest BCUT2D eigenvalue weighted by molar-refractivity contribution is 0.0960. The van der Waals surface area contributed by atoms with Crippen molar-refractivity contribution in [3.05, 3.63) is 93.0 Å². The number of hydrogen-bond acceptors (Lipinski definition) is 4. The minimum atomic E-state index is -1.06. The van der Waals surface area contributed by atoms with Crippen LogP contribution in [0.15, 0.2) is 48.5 Å². The number of nitriles is 1. The lowest BCUT2D eigenvalue weighted by Gasteiger charge is -2.22. The van der Waals surface area contributed by atoms with Crippen molar-refractivity contribution in [3.8, 4) is 6.07 Å². The molecule has 10 heteroatoms. The summed E-state index contributed by atoms with van der Waals surface area (Å²) in [4.78, 5) is 27.5. The SMILES string of the molecule is N#CCCc1cc(NC(=O)N2C[C@@H](O)c3cc(F)ccc32)c2c(c1)C(=O)N[C@@H]2c1cc(F)ccc1Cl. The molecule has 3 N–H and O–H groups in total. The first-order chi connectivity index (χ1) is 17.3. The number of anilines is 2. The van der Waals surface area contributed by atoms with Gasteiger partial charge < -0.3 is 15.7 Å². The normalized spacial score (nSPS) is 17.9. The zero-order chi connectivity index (χ0) is 25.6. The van der Waals surface area contributed by atoms with Gasteiger partial charge in [-0.1, -0.05) is 11.6 Å². The van der Waals surface area contributed by atoms with Gasteiger partial charge in [0.2, 0.25) is 0 Å². The van der Waals surface area contributed by atoms with Crippen LogP contribution in [0, 0.1) is 23.0 Å². The predicted molar refractivity (Wildman–Crippen MR) is 129 cm³/mol. The lowest BCUT2D eigenvalue weighted by Crippen LogP contribution is -2.34. The van der Waals surface area contributed by atoms with Gasteiger partial charge in [0, 0.05) is 39.4 Å². The number of rotatable bonds is 4. The first-order valence-electron chi connectivity index (χ1n) is 11.1. The fourth-order valence-electron chi connectivity index (χ4n) is 4.69. The molecular weight excluding hydrogens is 490 g/mol. The largest absolute Gasteiger partial charge is 0.386 e. The van der Waals surface area contributed by atoms with Crippen molar-refractivity contribution in [1.82, 2.24) is 5.32 Å². The van der Waals surface area contributed by atoms with Gasteiger partial charge in [0.05, 0.1) is 30.4 Å². The summed E-state index contributed by atoms with van der Waals surface area (Å²) >= 11 is 6.33. The molecule has 0 unspecified atom stereocenters. The molecular formula is C26H19ClF2N4O3. The van der Waals surface area contributed by atoms with Gasteiger partial charge in [-0.3, -0.25) is 9.69 Å². The van der Waals surface area contributed by atoms with Crippen molar-refractivity contribution >= 4 is 34.9 Å². The molecule has 0 aliphatic carbocycles. The van der Waals surface area contributed by atoms with E-state index in [0.717, 1.165) is 0 Å². The Morgan fingerprint density at radius 3 is 2.64 bits per heavy atom. The molecule has 2 aliphatic rings. The maximum absolute atomic E-state index is 14.1. The number of aliphatic hydroxyl groups is 1. The molecule has 5 rings (SSSR count). The molecule has 7 nitrogen and oxygen atoms in total. The van der Waals surface area contributed by atoms with Crippen LogP contribution in [0.5, 0.6) is 0 Å². The number of carbonyl (C=O) groups excluding carboxylic acids is 2. The highest BCUT2D eigenvalue weighted by atomic mass is 35.5. The Kier molecular flexibility index (Phi) is 6.08. The van der Waals surface area contributed by atoms with E-state index in [-0.39, 0.29) is 29.2 Å². The van der Waals surface area contributed by atoms with Crippen molar-refractivity contribution in [2.24, 2.45) is 0 Å². The average molecular weight is 509 g/mol. The Morgan fingerprint density at radius 2 is 1.89 bits per heavy atom. The molecule has 36 heavy (non-hydrogen) atoms. The third kappa shape index (κ3) is 4.15. The number of carbonyl (C=O) groups is 2. The van der Waals surface area contributed by atoms with E-state index in [9.17, 15) is 23.5 Å². The van der Waals surface area contributed by atoms with Gasteiger partial charge >= 0.3 is 6.03 Å². The summed E-state index contributed by atoms with van der Waals surface area (Å²) in [5, 5.41) is 25.2. The number of amides is 3. The number of benzene rings is 3. The number of halogens is 3. The van der Waals surface area contributed by atoms with Crippen molar-refractivity contribution in [2.75, 3.05) is 16.8 Å². The van der Waals surface area contributed by atoms with Crippen LogP contribution in [-0.4, -0.2) is 23.6 Å². The molecule has 0 bridgehead atoms. The second-order valence-corrected chi connectivity index (χ2v) is 9.00. The highest BCUT2D eigenvalue weighted by molar-refractivity contribution is 6.31. The van der Waals surface area contributed by atoms with Crippen LogP contribution in [-0.2, 0) is 6.42 Å². The van der Waals surface area contributed by atoms with E-state index in [2.05, 4.69) is 16.7 Å². The number of nitrogens with one attached hydrogen (secondary N) is 2. The summed E-state index contributed by atoms with van der Waals surface area (Å²) in [5.74, 6) is -1.50. The quantitative estimate of drug-likeness (QED) is 0.461. The van der Waals surface area contributed by atoms with Crippen LogP contribution in [0.1, 0.15) is 51.2 Å². The zero-order valence-electron chi connectivity index (χ0n) is 18.7. The Bertz CT molecular complexity index is 1460. The summed E-state index contributed by atoms with van der Waals surface area (Å²) in [6, 6.07) is 11.5. The maximum atomic E-state index is 14.1. The first-order valence-corrected chi connectivity index (χ1v) is 11.5. The Hall–Kier alpha value is -4.00. The maximum Gasteiger partial charge on any atom is 0.326 e. The van der Waals surface area contributed by atoms with Crippen molar-refractivity contribution in [2.45, 2.75) is 25.0 Å². The molecule has 2 atom stereocenters. The Labute approximate surface area is 209 Å². The van der Waals surface area contributed by atoms with Crippen LogP contribution in [0.2, 0.25) is 5.02 Å². The molecule has 0 saturated carbocycles. The summed E-state index contributed by atoms with van der Waals surface area (Å²) in [6.07, 6.45) is -0.517. The van der Waals surface area contributed by atoms with Gasteiger partial charge in [-0.25, -0.2) is 13.6 Å². The second kappa shape index (κ2) is 9.22.